The van der Waals surface area contributed by atoms with E-state index in [4.69, 9.17) is 11.6 Å². The highest BCUT2D eigenvalue weighted by Crippen LogP contribution is 2.30. The van der Waals surface area contributed by atoms with Crippen LogP contribution in [0.3, 0.4) is 0 Å². The summed E-state index contributed by atoms with van der Waals surface area (Å²) in [6.07, 6.45) is 5.34. The van der Waals surface area contributed by atoms with Crippen LogP contribution in [-0.2, 0) is 0 Å². The third kappa shape index (κ3) is 4.22. The highest BCUT2D eigenvalue weighted by molar-refractivity contribution is 7.18. The minimum Gasteiger partial charge on any atom is -0.316 e. The minimum absolute atomic E-state index is 0.408. The van der Waals surface area contributed by atoms with Crippen LogP contribution in [0.2, 0.25) is 5.15 Å². The summed E-state index contributed by atoms with van der Waals surface area (Å²) in [6, 6.07) is 5.56. The van der Waals surface area contributed by atoms with Gasteiger partial charge in [0.05, 0.1) is 4.88 Å². The monoisotopic (exact) mass is 333 g/mol. The number of thiazole rings is 1. The van der Waals surface area contributed by atoms with Gasteiger partial charge in [-0.25, -0.2) is 15.0 Å². The minimum atomic E-state index is 0.408. The van der Waals surface area contributed by atoms with Crippen molar-refractivity contribution in [1.82, 2.24) is 19.9 Å². The first-order chi connectivity index (χ1) is 10.7. The molecule has 114 valence electrons. The average Bonchev–Trinajstić information content (AvgIpc) is 2.98. The largest absolute Gasteiger partial charge is 0.316 e. The van der Waals surface area contributed by atoms with Crippen LogP contribution in [0.1, 0.15) is 19.7 Å². The van der Waals surface area contributed by atoms with Gasteiger partial charge in [0.15, 0.2) is 5.13 Å². The van der Waals surface area contributed by atoms with Crippen molar-refractivity contribution in [1.29, 1.82) is 0 Å². The molecule has 3 aromatic rings. The molecule has 0 unspecified atom stereocenters. The van der Waals surface area contributed by atoms with E-state index in [0.717, 1.165) is 15.6 Å². The summed E-state index contributed by atoms with van der Waals surface area (Å²) in [6.45, 7) is 5.79. The van der Waals surface area contributed by atoms with Crippen LogP contribution >= 0.6 is 22.9 Å². The predicted octanol–water partition coefficient (Wildman–Crippen LogP) is 4.73. The fourth-order valence-corrected chi connectivity index (χ4v) is 2.74. The van der Waals surface area contributed by atoms with Crippen LogP contribution in [0, 0.1) is 6.92 Å². The van der Waals surface area contributed by atoms with E-state index < -0.39 is 0 Å². The number of halogens is 1. The summed E-state index contributed by atoms with van der Waals surface area (Å²) in [5.41, 5.74) is 1.09. The lowest BCUT2D eigenvalue weighted by atomic mass is 10.2. The Morgan fingerprint density at radius 1 is 1.14 bits per heavy atom. The zero-order valence-corrected chi connectivity index (χ0v) is 14.1. The second kappa shape index (κ2) is 7.82. The quantitative estimate of drug-likeness (QED) is 0.702. The van der Waals surface area contributed by atoms with E-state index in [9.17, 15) is 0 Å². The van der Waals surface area contributed by atoms with Gasteiger partial charge in [0.25, 0.3) is 0 Å². The van der Waals surface area contributed by atoms with Gasteiger partial charge >= 0.3 is 0 Å². The lowest BCUT2D eigenvalue weighted by molar-refractivity contribution is 1.06. The third-order valence-electron chi connectivity index (χ3n) is 2.51. The molecule has 0 aliphatic heterocycles. The van der Waals surface area contributed by atoms with Crippen molar-refractivity contribution in [2.75, 3.05) is 5.32 Å². The molecule has 3 aromatic heterocycles. The lowest BCUT2D eigenvalue weighted by Crippen LogP contribution is -1.96. The van der Waals surface area contributed by atoms with Gasteiger partial charge in [0.2, 0.25) is 0 Å². The summed E-state index contributed by atoms with van der Waals surface area (Å²) in [5, 5.41) is 4.30. The van der Waals surface area contributed by atoms with E-state index in [1.54, 1.807) is 25.4 Å². The second-order valence-corrected chi connectivity index (χ2v) is 5.43. The molecule has 0 atom stereocenters. The Labute approximate surface area is 138 Å². The van der Waals surface area contributed by atoms with Crippen LogP contribution in [0.5, 0.6) is 0 Å². The summed E-state index contributed by atoms with van der Waals surface area (Å²) in [4.78, 5) is 17.7. The van der Waals surface area contributed by atoms with Gasteiger partial charge in [0.1, 0.15) is 16.8 Å². The Balaban J connectivity index is 0.000000847. The van der Waals surface area contributed by atoms with Gasteiger partial charge < -0.3 is 5.32 Å². The van der Waals surface area contributed by atoms with Gasteiger partial charge in [-0.2, -0.15) is 0 Å². The van der Waals surface area contributed by atoms with Crippen molar-refractivity contribution in [2.45, 2.75) is 20.8 Å². The number of nitrogens with one attached hydrogen (secondary N) is 1. The normalized spacial score (nSPS) is 9.82. The van der Waals surface area contributed by atoms with Gasteiger partial charge in [0, 0.05) is 24.7 Å². The van der Waals surface area contributed by atoms with Crippen LogP contribution in [0.15, 0.2) is 36.8 Å². The van der Waals surface area contributed by atoms with Crippen molar-refractivity contribution in [3.8, 4) is 10.4 Å². The number of aromatic nitrogens is 4. The molecule has 0 saturated heterocycles. The number of rotatable bonds is 3. The standard InChI is InChI=1S/C13H10ClN5S.C2H6/c1-8-17-11(14)6-12(18-8)19-13-16-7-10(20-13)9-2-4-15-5-3-9;1-2/h2-7H,1H3,(H,16,17,18,19);1-2H3. The summed E-state index contributed by atoms with van der Waals surface area (Å²) in [5.74, 6) is 1.25. The average molecular weight is 334 g/mol. The molecular weight excluding hydrogens is 318 g/mol. The van der Waals surface area contributed by atoms with Crippen molar-refractivity contribution >= 4 is 33.9 Å². The fourth-order valence-electron chi connectivity index (χ4n) is 1.69. The highest BCUT2D eigenvalue weighted by atomic mass is 35.5. The van der Waals surface area contributed by atoms with Gasteiger partial charge in [-0.1, -0.05) is 36.8 Å². The third-order valence-corrected chi connectivity index (χ3v) is 3.67. The fraction of sp³-hybridized carbons (Fsp3) is 0.200. The Hall–Kier alpha value is -2.05. The van der Waals surface area contributed by atoms with E-state index in [2.05, 4.69) is 25.3 Å². The molecule has 0 aliphatic carbocycles. The molecule has 0 radical (unpaired) electrons. The summed E-state index contributed by atoms with van der Waals surface area (Å²) < 4.78 is 0. The van der Waals surface area contributed by atoms with Crippen LogP contribution in [0.25, 0.3) is 10.4 Å². The van der Waals surface area contributed by atoms with Gasteiger partial charge in [-0.3, -0.25) is 4.98 Å². The first-order valence-electron chi connectivity index (χ1n) is 6.85. The lowest BCUT2D eigenvalue weighted by Gasteiger charge is -2.02. The maximum Gasteiger partial charge on any atom is 0.188 e. The second-order valence-electron chi connectivity index (χ2n) is 4.01. The number of hydrogen-bond donors (Lipinski definition) is 1. The first kappa shape index (κ1) is 16.3. The molecule has 0 saturated carbocycles. The Kier molecular flexibility index (Phi) is 5.80. The molecule has 0 spiro atoms. The van der Waals surface area contributed by atoms with E-state index in [1.165, 1.54) is 11.3 Å². The van der Waals surface area contributed by atoms with Gasteiger partial charge in [-0.05, 0) is 24.6 Å². The van der Waals surface area contributed by atoms with Crippen molar-refractivity contribution in [2.24, 2.45) is 0 Å². The summed E-state index contributed by atoms with van der Waals surface area (Å²) >= 11 is 7.44. The maximum absolute atomic E-state index is 5.90. The maximum atomic E-state index is 5.90. The van der Waals surface area contributed by atoms with Crippen molar-refractivity contribution in [3.05, 3.63) is 47.8 Å². The molecule has 5 nitrogen and oxygen atoms in total. The Morgan fingerprint density at radius 3 is 2.55 bits per heavy atom. The predicted molar refractivity (Wildman–Crippen MR) is 91.8 cm³/mol. The number of hydrogen-bond acceptors (Lipinski definition) is 6. The van der Waals surface area contributed by atoms with E-state index in [-0.39, 0.29) is 0 Å². The first-order valence-corrected chi connectivity index (χ1v) is 8.04. The molecule has 0 aliphatic rings. The molecule has 3 rings (SSSR count). The molecule has 1 N–H and O–H groups in total. The topological polar surface area (TPSA) is 63.6 Å². The zero-order valence-electron chi connectivity index (χ0n) is 12.5. The molecule has 22 heavy (non-hydrogen) atoms. The number of aryl methyl sites for hydroxylation is 1. The Bertz CT molecular complexity index is 710. The molecular formula is C15H16ClN5S. The number of pyridine rings is 1. The van der Waals surface area contributed by atoms with Crippen LogP contribution < -0.4 is 5.32 Å². The van der Waals surface area contributed by atoms with E-state index in [1.807, 2.05) is 32.2 Å². The summed E-state index contributed by atoms with van der Waals surface area (Å²) in [7, 11) is 0. The molecule has 0 bridgehead atoms. The molecule has 7 heteroatoms. The van der Waals surface area contributed by atoms with Crippen molar-refractivity contribution in [3.63, 3.8) is 0 Å². The smallest absolute Gasteiger partial charge is 0.188 e. The molecule has 0 aromatic carbocycles. The van der Waals surface area contributed by atoms with Crippen molar-refractivity contribution < 1.29 is 0 Å². The van der Waals surface area contributed by atoms with E-state index >= 15 is 0 Å². The number of anilines is 2. The molecule has 0 amide bonds. The molecule has 0 fully saturated rings. The number of nitrogens with zero attached hydrogens (tertiary/aromatic N) is 4. The molecule has 3 heterocycles. The SMILES string of the molecule is CC.Cc1nc(Cl)cc(Nc2ncc(-c3ccncc3)s2)n1. The van der Waals surface area contributed by atoms with Crippen LogP contribution in [0.4, 0.5) is 10.9 Å². The Morgan fingerprint density at radius 2 is 1.86 bits per heavy atom. The zero-order chi connectivity index (χ0) is 15.9. The van der Waals surface area contributed by atoms with Crippen LogP contribution in [-0.4, -0.2) is 19.9 Å². The highest BCUT2D eigenvalue weighted by Gasteiger charge is 2.06. The van der Waals surface area contributed by atoms with Gasteiger partial charge in [-0.15, -0.1) is 0 Å². The van der Waals surface area contributed by atoms with E-state index in [0.29, 0.717) is 16.8 Å².